The molecule has 0 unspecified atom stereocenters. The zero-order chi connectivity index (χ0) is 15.4. The van der Waals surface area contributed by atoms with Crippen molar-refractivity contribution in [1.29, 1.82) is 0 Å². The Balaban J connectivity index is 2.63. The van der Waals surface area contributed by atoms with Crippen molar-refractivity contribution in [3.05, 3.63) is 47.5 Å². The predicted octanol–water partition coefficient (Wildman–Crippen LogP) is 3.15. The molecule has 0 aromatic heterocycles. The molecule has 112 valence electrons. The smallest absolute Gasteiger partial charge is 0.168 e. The first-order valence-electron chi connectivity index (χ1n) is 6.51. The molecular weight excluding hydrogens is 276 g/mol. The van der Waals surface area contributed by atoms with E-state index in [1.165, 1.54) is 20.3 Å². The van der Waals surface area contributed by atoms with Gasteiger partial charge in [0.05, 0.1) is 14.2 Å². The number of nitrogens with two attached hydrogens (primary N) is 1. The lowest BCUT2D eigenvalue weighted by atomic mass is 9.99. The summed E-state index contributed by atoms with van der Waals surface area (Å²) in [5.41, 5.74) is 7.67. The quantitative estimate of drug-likeness (QED) is 0.921. The summed E-state index contributed by atoms with van der Waals surface area (Å²) in [6.07, 6.45) is 0.650. The molecule has 0 radical (unpaired) electrons. The standard InChI is InChI=1S/C16H17F2NO2/c1-20-15-8-10(5-6-19)7-12(16(15)21-2)11-3-4-13(17)14(18)9-11/h3-4,7-9H,5-6,19H2,1-2H3. The Kier molecular flexibility index (Phi) is 4.75. The van der Waals surface area contributed by atoms with Crippen LogP contribution >= 0.6 is 0 Å². The third-order valence-electron chi connectivity index (χ3n) is 3.20. The van der Waals surface area contributed by atoms with Crippen molar-refractivity contribution >= 4 is 0 Å². The fourth-order valence-corrected chi connectivity index (χ4v) is 2.21. The van der Waals surface area contributed by atoms with Crippen molar-refractivity contribution in [3.8, 4) is 22.6 Å². The minimum Gasteiger partial charge on any atom is -0.493 e. The molecule has 0 amide bonds. The number of ether oxygens (including phenoxy) is 2. The molecule has 0 spiro atoms. The molecular formula is C16H17F2NO2. The van der Waals surface area contributed by atoms with E-state index in [0.29, 0.717) is 35.6 Å². The highest BCUT2D eigenvalue weighted by atomic mass is 19.2. The minimum atomic E-state index is -0.905. The van der Waals surface area contributed by atoms with Gasteiger partial charge in [-0.3, -0.25) is 0 Å². The largest absolute Gasteiger partial charge is 0.493 e. The summed E-state index contributed by atoms with van der Waals surface area (Å²) in [6.45, 7) is 0.479. The van der Waals surface area contributed by atoms with Crippen LogP contribution in [0.5, 0.6) is 11.5 Å². The Morgan fingerprint density at radius 2 is 1.76 bits per heavy atom. The maximum absolute atomic E-state index is 13.5. The van der Waals surface area contributed by atoms with Gasteiger partial charge in [0.15, 0.2) is 23.1 Å². The average molecular weight is 293 g/mol. The number of rotatable bonds is 5. The monoisotopic (exact) mass is 293 g/mol. The van der Waals surface area contributed by atoms with Gasteiger partial charge in [0, 0.05) is 5.56 Å². The van der Waals surface area contributed by atoms with Crippen LogP contribution in [-0.2, 0) is 6.42 Å². The average Bonchev–Trinajstić information content (AvgIpc) is 2.49. The van der Waals surface area contributed by atoms with Crippen LogP contribution in [0.2, 0.25) is 0 Å². The van der Waals surface area contributed by atoms with Crippen LogP contribution in [0, 0.1) is 11.6 Å². The van der Waals surface area contributed by atoms with Crippen molar-refractivity contribution in [2.24, 2.45) is 5.73 Å². The number of hydrogen-bond acceptors (Lipinski definition) is 3. The van der Waals surface area contributed by atoms with Gasteiger partial charge in [0.2, 0.25) is 0 Å². The highest BCUT2D eigenvalue weighted by Crippen LogP contribution is 2.39. The number of halogens is 2. The maximum atomic E-state index is 13.5. The van der Waals surface area contributed by atoms with Gasteiger partial charge in [-0.05, 0) is 48.4 Å². The van der Waals surface area contributed by atoms with E-state index in [9.17, 15) is 8.78 Å². The highest BCUT2D eigenvalue weighted by molar-refractivity contribution is 5.75. The molecule has 5 heteroatoms. The molecule has 0 atom stereocenters. The first-order valence-corrected chi connectivity index (χ1v) is 6.51. The van der Waals surface area contributed by atoms with E-state index in [0.717, 1.165) is 17.7 Å². The fraction of sp³-hybridized carbons (Fsp3) is 0.250. The summed E-state index contributed by atoms with van der Waals surface area (Å²) in [7, 11) is 3.03. The van der Waals surface area contributed by atoms with Crippen molar-refractivity contribution in [3.63, 3.8) is 0 Å². The molecule has 0 bridgehead atoms. The summed E-state index contributed by atoms with van der Waals surface area (Å²) in [4.78, 5) is 0. The topological polar surface area (TPSA) is 44.5 Å². The van der Waals surface area contributed by atoms with Crippen molar-refractivity contribution in [2.75, 3.05) is 20.8 Å². The maximum Gasteiger partial charge on any atom is 0.168 e. The molecule has 0 saturated heterocycles. The van der Waals surface area contributed by atoms with Gasteiger partial charge < -0.3 is 15.2 Å². The van der Waals surface area contributed by atoms with E-state index in [1.54, 1.807) is 0 Å². The second-order valence-electron chi connectivity index (χ2n) is 4.55. The minimum absolute atomic E-state index is 0.476. The van der Waals surface area contributed by atoms with Crippen LogP contribution in [0.4, 0.5) is 8.78 Å². The predicted molar refractivity (Wildman–Crippen MR) is 77.7 cm³/mol. The molecule has 2 rings (SSSR count). The molecule has 0 aliphatic rings. The van der Waals surface area contributed by atoms with Crippen LogP contribution in [-0.4, -0.2) is 20.8 Å². The summed E-state index contributed by atoms with van der Waals surface area (Å²) in [5, 5.41) is 0. The van der Waals surface area contributed by atoms with Crippen LogP contribution in [0.1, 0.15) is 5.56 Å². The zero-order valence-corrected chi connectivity index (χ0v) is 12.0. The summed E-state index contributed by atoms with van der Waals surface area (Å²) in [5.74, 6) is -0.784. The van der Waals surface area contributed by atoms with E-state index >= 15 is 0 Å². The van der Waals surface area contributed by atoms with E-state index in [1.807, 2.05) is 12.1 Å². The second kappa shape index (κ2) is 6.54. The Morgan fingerprint density at radius 3 is 2.33 bits per heavy atom. The van der Waals surface area contributed by atoms with Gasteiger partial charge in [0.25, 0.3) is 0 Å². The summed E-state index contributed by atoms with van der Waals surface area (Å²) in [6, 6.07) is 7.41. The lowest BCUT2D eigenvalue weighted by Crippen LogP contribution is -2.04. The van der Waals surface area contributed by atoms with Gasteiger partial charge in [-0.25, -0.2) is 8.78 Å². The zero-order valence-electron chi connectivity index (χ0n) is 12.0. The van der Waals surface area contributed by atoms with Crippen molar-refractivity contribution in [1.82, 2.24) is 0 Å². The first kappa shape index (κ1) is 15.3. The molecule has 3 nitrogen and oxygen atoms in total. The lowest BCUT2D eigenvalue weighted by molar-refractivity contribution is 0.355. The molecule has 2 aromatic rings. The lowest BCUT2D eigenvalue weighted by Gasteiger charge is -2.15. The summed E-state index contributed by atoms with van der Waals surface area (Å²) >= 11 is 0. The van der Waals surface area contributed by atoms with E-state index in [4.69, 9.17) is 15.2 Å². The van der Waals surface area contributed by atoms with E-state index in [-0.39, 0.29) is 0 Å². The van der Waals surface area contributed by atoms with Crippen LogP contribution in [0.25, 0.3) is 11.1 Å². The van der Waals surface area contributed by atoms with Crippen LogP contribution in [0.15, 0.2) is 30.3 Å². The van der Waals surface area contributed by atoms with E-state index in [2.05, 4.69) is 0 Å². The second-order valence-corrected chi connectivity index (χ2v) is 4.55. The fourth-order valence-electron chi connectivity index (χ4n) is 2.21. The van der Waals surface area contributed by atoms with E-state index < -0.39 is 11.6 Å². The van der Waals surface area contributed by atoms with Crippen molar-refractivity contribution in [2.45, 2.75) is 6.42 Å². The SMILES string of the molecule is COc1cc(CCN)cc(-c2ccc(F)c(F)c2)c1OC. The van der Waals surface area contributed by atoms with Gasteiger partial charge >= 0.3 is 0 Å². The number of benzene rings is 2. The summed E-state index contributed by atoms with van der Waals surface area (Å²) < 4.78 is 37.2. The molecule has 21 heavy (non-hydrogen) atoms. The first-order chi connectivity index (χ1) is 10.1. The van der Waals surface area contributed by atoms with Crippen LogP contribution in [0.3, 0.4) is 0 Å². The Hall–Kier alpha value is -2.14. The van der Waals surface area contributed by atoms with Gasteiger partial charge in [0.1, 0.15) is 0 Å². The molecule has 0 fully saturated rings. The Morgan fingerprint density at radius 1 is 1.00 bits per heavy atom. The van der Waals surface area contributed by atoms with Gasteiger partial charge in [-0.15, -0.1) is 0 Å². The molecule has 2 aromatic carbocycles. The third kappa shape index (κ3) is 3.13. The molecule has 0 saturated carbocycles. The molecule has 0 aliphatic heterocycles. The molecule has 2 N–H and O–H groups in total. The third-order valence-corrected chi connectivity index (χ3v) is 3.20. The van der Waals surface area contributed by atoms with Crippen molar-refractivity contribution < 1.29 is 18.3 Å². The normalized spacial score (nSPS) is 10.5. The van der Waals surface area contributed by atoms with Gasteiger partial charge in [-0.1, -0.05) is 6.07 Å². The highest BCUT2D eigenvalue weighted by Gasteiger charge is 2.15. The van der Waals surface area contributed by atoms with Gasteiger partial charge in [-0.2, -0.15) is 0 Å². The number of hydrogen-bond donors (Lipinski definition) is 1. The van der Waals surface area contributed by atoms with Crippen LogP contribution < -0.4 is 15.2 Å². The Bertz CT molecular complexity index is 644. The molecule has 0 aliphatic carbocycles. The number of methoxy groups -OCH3 is 2. The Labute approximate surface area is 122 Å². The molecule has 0 heterocycles.